The fourth-order valence-electron chi connectivity index (χ4n) is 12.1. The third-order valence-corrected chi connectivity index (χ3v) is 15.5. The molecule has 6 aliphatic rings. The van der Waals surface area contributed by atoms with Gasteiger partial charge in [0.2, 0.25) is 18.6 Å². The van der Waals surface area contributed by atoms with Crippen LogP contribution in [-0.2, 0) is 40.6 Å². The molecule has 5 aromatic carbocycles. The summed E-state index contributed by atoms with van der Waals surface area (Å²) in [5, 5.41) is 22.6. The third kappa shape index (κ3) is 8.75. The summed E-state index contributed by atoms with van der Waals surface area (Å²) in [4.78, 5) is 70.1. The number of amides is 3. The molecule has 0 radical (unpaired) electrons. The van der Waals surface area contributed by atoms with Crippen LogP contribution in [0.25, 0.3) is 0 Å². The van der Waals surface area contributed by atoms with Crippen LogP contribution < -0.4 is 14.4 Å². The Hall–Kier alpha value is -7.22. The van der Waals surface area contributed by atoms with E-state index in [0.29, 0.717) is 66.2 Å². The molecule has 3 amide bonds. The summed E-state index contributed by atoms with van der Waals surface area (Å²) < 4.78 is 28.8. The van der Waals surface area contributed by atoms with Gasteiger partial charge in [0, 0.05) is 45.4 Å². The Bertz CT molecular complexity index is 2940. The summed E-state index contributed by atoms with van der Waals surface area (Å²) in [7, 11) is 1.47. The lowest BCUT2D eigenvalue weighted by molar-refractivity contribution is -0.179. The Balaban J connectivity index is 1.11. The van der Waals surface area contributed by atoms with E-state index < -0.39 is 65.0 Å². The van der Waals surface area contributed by atoms with Gasteiger partial charge in [-0.15, -0.1) is 0 Å². The summed E-state index contributed by atoms with van der Waals surface area (Å²) in [6.07, 6.45) is 2.80. The largest absolute Gasteiger partial charge is 0.508 e. The monoisotopic (exact) mass is 986 g/mol. The number of anilines is 1. The quantitative estimate of drug-likeness (QED) is 0.0652. The van der Waals surface area contributed by atoms with Crippen molar-refractivity contribution in [3.8, 4) is 29.1 Å². The van der Waals surface area contributed by atoms with Gasteiger partial charge in [-0.1, -0.05) is 104 Å². The number of carbonyl (C=O) groups is 4. The van der Waals surface area contributed by atoms with Crippen molar-refractivity contribution in [1.82, 2.24) is 14.7 Å². The number of cyclic esters (lactones) is 1. The first kappa shape index (κ1) is 48.1. The number of esters is 1. The molecule has 0 aromatic heterocycles. The van der Waals surface area contributed by atoms with E-state index in [9.17, 15) is 15.0 Å². The van der Waals surface area contributed by atoms with Crippen molar-refractivity contribution in [1.29, 1.82) is 0 Å². The Morgan fingerprint density at radius 3 is 2.16 bits per heavy atom. The molecule has 5 aliphatic heterocycles. The van der Waals surface area contributed by atoms with Crippen molar-refractivity contribution >= 4 is 29.6 Å². The molecule has 73 heavy (non-hydrogen) atoms. The van der Waals surface area contributed by atoms with E-state index in [0.717, 1.165) is 41.7 Å². The molecule has 1 spiro atoms. The number of hydrogen-bond acceptors (Lipinski definition) is 13. The predicted octanol–water partition coefficient (Wildman–Crippen LogP) is 7.35. The number of rotatable bonds is 9. The maximum absolute atomic E-state index is 16.6. The van der Waals surface area contributed by atoms with Gasteiger partial charge >= 0.3 is 12.1 Å². The summed E-state index contributed by atoms with van der Waals surface area (Å²) in [5.41, 5.74) is 0.632. The normalized spacial score (nSPS) is 25.3. The fraction of sp³-hybridized carbons (Fsp3) is 0.379. The van der Waals surface area contributed by atoms with Crippen LogP contribution in [0, 0.1) is 17.8 Å². The number of piperazine rings is 1. The zero-order chi connectivity index (χ0) is 50.3. The summed E-state index contributed by atoms with van der Waals surface area (Å²) in [5.74, 6) is 4.35. The minimum atomic E-state index is -2.04. The molecular weight excluding hydrogens is 929 g/mol. The molecule has 5 aromatic rings. The maximum Gasteiger partial charge on any atom is 0.421 e. The predicted molar refractivity (Wildman–Crippen MR) is 267 cm³/mol. The number of fused-ring (bicyclic) bond motifs is 4. The highest BCUT2D eigenvalue weighted by molar-refractivity contribution is 6.23. The molecule has 11 rings (SSSR count). The number of phenols is 1. The molecule has 1 saturated carbocycles. The van der Waals surface area contributed by atoms with Crippen LogP contribution in [0.5, 0.6) is 17.2 Å². The highest BCUT2D eigenvalue weighted by atomic mass is 16.7. The minimum absolute atomic E-state index is 0.0334. The van der Waals surface area contributed by atoms with E-state index in [2.05, 4.69) is 16.7 Å². The Morgan fingerprint density at radius 1 is 0.753 bits per heavy atom. The van der Waals surface area contributed by atoms with Crippen LogP contribution in [0.2, 0.25) is 0 Å². The van der Waals surface area contributed by atoms with Gasteiger partial charge in [-0.3, -0.25) is 24.2 Å². The summed E-state index contributed by atoms with van der Waals surface area (Å²) in [6, 6.07) is 33.1. The average molecular weight is 987 g/mol. The second-order valence-corrected chi connectivity index (χ2v) is 19.8. The Morgan fingerprint density at radius 2 is 1.45 bits per heavy atom. The zero-order valence-corrected chi connectivity index (χ0v) is 40.7. The zero-order valence-electron chi connectivity index (χ0n) is 40.7. The molecular formula is C58H58N4O11. The average Bonchev–Trinajstić information content (AvgIpc) is 4.02. The van der Waals surface area contributed by atoms with Crippen LogP contribution >= 0.6 is 0 Å². The van der Waals surface area contributed by atoms with Gasteiger partial charge in [0.1, 0.15) is 35.5 Å². The minimum Gasteiger partial charge on any atom is -0.508 e. The Labute approximate surface area is 424 Å². The second-order valence-electron chi connectivity index (χ2n) is 19.8. The molecule has 4 fully saturated rings. The summed E-state index contributed by atoms with van der Waals surface area (Å²) in [6.45, 7) is 2.14. The van der Waals surface area contributed by atoms with Gasteiger partial charge in [-0.05, 0) is 96.0 Å². The number of carbonyl (C=O) groups excluding carboxylic acids is 4. The molecule has 6 atom stereocenters. The van der Waals surface area contributed by atoms with E-state index in [1.54, 1.807) is 35.2 Å². The van der Waals surface area contributed by atoms with Crippen molar-refractivity contribution in [3.05, 3.63) is 155 Å². The van der Waals surface area contributed by atoms with Crippen molar-refractivity contribution in [2.45, 2.75) is 80.3 Å². The number of aromatic hydroxyl groups is 1. The Kier molecular flexibility index (Phi) is 13.2. The van der Waals surface area contributed by atoms with E-state index in [-0.39, 0.29) is 44.5 Å². The van der Waals surface area contributed by atoms with Gasteiger partial charge in [-0.2, -0.15) is 0 Å². The number of ether oxygens (including phenoxy) is 5. The SMILES string of the molecule is COCCOC(=O)N1C(=O)[C@@]2(c3cc(C#CC4(O)CCCCCC4)ccc31)[C@H](C(=O)N1CCN(Cc3ccc4c(c3)OCO4)CC1)[C@H]1C(=O)O[C@H](c3ccccc3)[C@H](c3ccccc3)N1[C@@H]2c1ccc(O)cc1. The summed E-state index contributed by atoms with van der Waals surface area (Å²) >= 11 is 0. The highest BCUT2D eigenvalue weighted by Gasteiger charge is 2.76. The van der Waals surface area contributed by atoms with Gasteiger partial charge in [0.05, 0.1) is 30.3 Å². The van der Waals surface area contributed by atoms with Crippen LogP contribution in [0.1, 0.15) is 90.1 Å². The van der Waals surface area contributed by atoms with Crippen LogP contribution in [-0.4, -0.2) is 114 Å². The third-order valence-electron chi connectivity index (χ3n) is 15.5. The molecule has 3 saturated heterocycles. The number of morpholine rings is 1. The number of hydrogen-bond donors (Lipinski definition) is 2. The van der Waals surface area contributed by atoms with E-state index in [4.69, 9.17) is 23.7 Å². The van der Waals surface area contributed by atoms with Crippen molar-refractivity contribution in [2.75, 3.05) is 58.2 Å². The van der Waals surface area contributed by atoms with Crippen LogP contribution in [0.15, 0.2) is 121 Å². The molecule has 5 heterocycles. The first-order valence-corrected chi connectivity index (χ1v) is 25.2. The molecule has 1 aliphatic carbocycles. The van der Waals surface area contributed by atoms with E-state index in [1.807, 2.05) is 83.8 Å². The fourth-order valence-corrected chi connectivity index (χ4v) is 12.1. The lowest BCUT2D eigenvalue weighted by atomic mass is 9.64. The molecule has 0 bridgehead atoms. The lowest BCUT2D eigenvalue weighted by Crippen LogP contribution is -2.59. The van der Waals surface area contributed by atoms with Gasteiger partial charge in [0.25, 0.3) is 0 Å². The van der Waals surface area contributed by atoms with Crippen LogP contribution in [0.4, 0.5) is 10.5 Å². The number of imide groups is 1. The van der Waals surface area contributed by atoms with Gasteiger partial charge in [-0.25, -0.2) is 9.69 Å². The van der Waals surface area contributed by atoms with E-state index in [1.165, 1.54) is 19.2 Å². The standard InChI is InChI=1S/C58H58N4O11/c1-69-32-33-70-56(67)61-45-22-16-38(24-27-57(68)25-10-2-3-11-26-57)34-44(45)58(55(61)66)48(53(64)60-30-28-59(29-31-60)36-39-17-23-46-47(35-39)72-37-71-46)50-54(65)73-51(41-14-8-5-9-15-41)49(40-12-6-4-7-13-40)62(50)52(58)42-18-20-43(63)21-19-42/h4-9,12-23,34-35,48-52,63,68H,2-3,10-11,25-26,28-33,36-37H2,1H3/t48-,49-,50-,51+,52+,58-/m0/s1. The number of nitrogens with zero attached hydrogens (tertiary/aromatic N) is 4. The van der Waals surface area contributed by atoms with Gasteiger partial charge in [0.15, 0.2) is 11.5 Å². The highest BCUT2D eigenvalue weighted by Crippen LogP contribution is 2.66. The van der Waals surface area contributed by atoms with Crippen LogP contribution in [0.3, 0.4) is 0 Å². The molecule has 2 N–H and O–H groups in total. The van der Waals surface area contributed by atoms with Gasteiger partial charge < -0.3 is 38.8 Å². The molecule has 0 unspecified atom stereocenters. The second kappa shape index (κ2) is 20.0. The first-order valence-electron chi connectivity index (χ1n) is 25.2. The lowest BCUT2D eigenvalue weighted by Gasteiger charge is -2.46. The first-order chi connectivity index (χ1) is 35.6. The number of phenolic OH excluding ortho intramolecular Hbond substituents is 1. The maximum atomic E-state index is 16.6. The molecule has 15 nitrogen and oxygen atoms in total. The number of benzene rings is 5. The molecule has 376 valence electrons. The number of aliphatic hydroxyl groups is 1. The topological polar surface area (TPSA) is 168 Å². The van der Waals surface area contributed by atoms with Crippen molar-refractivity contribution in [2.24, 2.45) is 5.92 Å². The van der Waals surface area contributed by atoms with Crippen molar-refractivity contribution in [3.63, 3.8) is 0 Å². The van der Waals surface area contributed by atoms with Crippen molar-refractivity contribution < 1.29 is 53.1 Å². The van der Waals surface area contributed by atoms with E-state index >= 15 is 14.4 Å². The molecule has 15 heteroatoms. The smallest absolute Gasteiger partial charge is 0.421 e. The number of methoxy groups -OCH3 is 1.